The van der Waals surface area contributed by atoms with Crippen molar-refractivity contribution in [3.63, 3.8) is 0 Å². The van der Waals surface area contributed by atoms with E-state index < -0.39 is 0 Å². The molecule has 12 rings (SSSR count). The van der Waals surface area contributed by atoms with Gasteiger partial charge in [0.1, 0.15) is 16.7 Å². The molecule has 0 aliphatic rings. The Kier molecular flexibility index (Phi) is 7.40. The lowest BCUT2D eigenvalue weighted by Gasteiger charge is -2.27. The smallest absolute Gasteiger partial charge is 0.159 e. The molecule has 0 bridgehead atoms. The Morgan fingerprint density at radius 3 is 1.84 bits per heavy atom. The minimum atomic E-state index is 0.836. The second kappa shape index (κ2) is 13.1. The summed E-state index contributed by atoms with van der Waals surface area (Å²) in [6.45, 7) is 0. The molecule has 0 unspecified atom stereocenters. The summed E-state index contributed by atoms with van der Waals surface area (Å²) in [5.41, 5.74) is 13.2. The SMILES string of the molecule is c1ccc(-c2ccc3c(c2)oc2c(-c4ccccc4)ccc(N(c4ccc5sc6cccc(-c7ccccc7)c6c5c4)c4cccc5c4oc4ccccc45)c23)cc1. The maximum atomic E-state index is 7.03. The Bertz CT molecular complexity index is 3510. The van der Waals surface area contributed by atoms with Gasteiger partial charge in [-0.25, -0.2) is 0 Å². The van der Waals surface area contributed by atoms with Crippen molar-refractivity contribution in [3.8, 4) is 33.4 Å². The van der Waals surface area contributed by atoms with Crippen molar-refractivity contribution in [2.45, 2.75) is 0 Å². The van der Waals surface area contributed by atoms with Crippen LogP contribution in [-0.2, 0) is 0 Å². The molecular formula is C54H33NO2S. The van der Waals surface area contributed by atoms with Crippen LogP contribution in [0.3, 0.4) is 0 Å². The molecule has 3 nitrogen and oxygen atoms in total. The number of hydrogen-bond acceptors (Lipinski definition) is 4. The van der Waals surface area contributed by atoms with E-state index >= 15 is 0 Å². The van der Waals surface area contributed by atoms with Gasteiger partial charge in [0.05, 0.1) is 16.8 Å². The first-order chi connectivity index (χ1) is 28.8. The molecule has 58 heavy (non-hydrogen) atoms. The fourth-order valence-corrected chi connectivity index (χ4v) is 9.94. The molecule has 4 heteroatoms. The Morgan fingerprint density at radius 2 is 1.03 bits per heavy atom. The van der Waals surface area contributed by atoms with Crippen LogP contribution >= 0.6 is 11.3 Å². The summed E-state index contributed by atoms with van der Waals surface area (Å²) >= 11 is 1.84. The first-order valence-electron chi connectivity index (χ1n) is 19.6. The molecule has 12 aromatic rings. The number of benzene rings is 9. The van der Waals surface area contributed by atoms with Gasteiger partial charge in [0.15, 0.2) is 5.58 Å². The molecule has 0 aliphatic heterocycles. The molecule has 0 saturated heterocycles. The molecule has 3 aromatic heterocycles. The van der Waals surface area contributed by atoms with Crippen molar-refractivity contribution < 1.29 is 8.83 Å². The number of para-hydroxylation sites is 2. The van der Waals surface area contributed by atoms with E-state index in [2.05, 4.69) is 199 Å². The van der Waals surface area contributed by atoms with E-state index in [1.54, 1.807) is 0 Å². The normalized spacial score (nSPS) is 11.8. The first kappa shape index (κ1) is 32.8. The van der Waals surface area contributed by atoms with E-state index in [0.717, 1.165) is 83.2 Å². The zero-order chi connectivity index (χ0) is 38.2. The minimum absolute atomic E-state index is 0.836. The van der Waals surface area contributed by atoms with Crippen LogP contribution in [0.15, 0.2) is 209 Å². The van der Waals surface area contributed by atoms with Crippen molar-refractivity contribution in [2.24, 2.45) is 0 Å². The Balaban J connectivity index is 1.18. The number of anilines is 3. The number of thiophene rings is 1. The van der Waals surface area contributed by atoms with Gasteiger partial charge >= 0.3 is 0 Å². The highest BCUT2D eigenvalue weighted by molar-refractivity contribution is 7.26. The molecular weight excluding hydrogens is 727 g/mol. The highest BCUT2D eigenvalue weighted by atomic mass is 32.1. The average molecular weight is 760 g/mol. The third kappa shape index (κ3) is 5.12. The Morgan fingerprint density at radius 1 is 0.345 bits per heavy atom. The van der Waals surface area contributed by atoms with E-state index in [1.165, 1.54) is 31.3 Å². The first-order valence-corrected chi connectivity index (χ1v) is 20.4. The monoisotopic (exact) mass is 759 g/mol. The number of nitrogens with zero attached hydrogens (tertiary/aromatic N) is 1. The van der Waals surface area contributed by atoms with Gasteiger partial charge in [-0.15, -0.1) is 11.3 Å². The van der Waals surface area contributed by atoms with Gasteiger partial charge in [0.25, 0.3) is 0 Å². The van der Waals surface area contributed by atoms with E-state index in [4.69, 9.17) is 8.83 Å². The Hall–Kier alpha value is -7.40. The molecule has 3 heterocycles. The van der Waals surface area contributed by atoms with E-state index in [1.807, 2.05) is 17.4 Å². The maximum Gasteiger partial charge on any atom is 0.159 e. The molecule has 0 radical (unpaired) electrons. The molecule has 0 amide bonds. The van der Waals surface area contributed by atoms with Crippen LogP contribution in [-0.4, -0.2) is 0 Å². The molecule has 0 saturated carbocycles. The van der Waals surface area contributed by atoms with Gasteiger partial charge in [-0.1, -0.05) is 140 Å². The van der Waals surface area contributed by atoms with E-state index in [9.17, 15) is 0 Å². The summed E-state index contributed by atoms with van der Waals surface area (Å²) in [5.74, 6) is 0. The molecule has 0 N–H and O–H groups in total. The maximum absolute atomic E-state index is 7.03. The summed E-state index contributed by atoms with van der Waals surface area (Å²) in [4.78, 5) is 2.38. The van der Waals surface area contributed by atoms with Crippen molar-refractivity contribution in [1.29, 1.82) is 0 Å². The van der Waals surface area contributed by atoms with E-state index in [0.29, 0.717) is 0 Å². The number of rotatable bonds is 6. The van der Waals surface area contributed by atoms with Crippen LogP contribution in [0.25, 0.3) is 97.4 Å². The summed E-state index contributed by atoms with van der Waals surface area (Å²) < 4.78 is 16.3. The van der Waals surface area contributed by atoms with Crippen molar-refractivity contribution >= 4 is 92.4 Å². The number of fused-ring (bicyclic) bond motifs is 9. The zero-order valence-corrected chi connectivity index (χ0v) is 32.0. The number of hydrogen-bond donors (Lipinski definition) is 0. The van der Waals surface area contributed by atoms with Gasteiger partial charge in [0.2, 0.25) is 0 Å². The average Bonchev–Trinajstić information content (AvgIpc) is 3.99. The minimum Gasteiger partial charge on any atom is -0.455 e. The Labute approximate surface area is 338 Å². The molecule has 272 valence electrons. The lowest BCUT2D eigenvalue weighted by molar-refractivity contribution is 0.668. The highest BCUT2D eigenvalue weighted by Crippen LogP contribution is 2.50. The fraction of sp³-hybridized carbons (Fsp3) is 0. The van der Waals surface area contributed by atoms with Crippen LogP contribution < -0.4 is 4.90 Å². The van der Waals surface area contributed by atoms with Gasteiger partial charge in [-0.3, -0.25) is 0 Å². The third-order valence-corrected chi connectivity index (χ3v) is 12.6. The molecule has 0 atom stereocenters. The molecule has 0 fully saturated rings. The lowest BCUT2D eigenvalue weighted by Crippen LogP contribution is -2.10. The number of furan rings is 2. The van der Waals surface area contributed by atoms with E-state index in [-0.39, 0.29) is 0 Å². The molecule has 9 aromatic carbocycles. The summed E-state index contributed by atoms with van der Waals surface area (Å²) in [5, 5.41) is 6.76. The van der Waals surface area contributed by atoms with Crippen LogP contribution in [0.5, 0.6) is 0 Å². The largest absolute Gasteiger partial charge is 0.455 e. The lowest BCUT2D eigenvalue weighted by atomic mass is 9.98. The topological polar surface area (TPSA) is 29.5 Å². The third-order valence-electron chi connectivity index (χ3n) is 11.5. The predicted octanol–water partition coefficient (Wildman–Crippen LogP) is 16.3. The van der Waals surface area contributed by atoms with Crippen molar-refractivity contribution in [2.75, 3.05) is 4.90 Å². The second-order valence-electron chi connectivity index (χ2n) is 14.8. The van der Waals surface area contributed by atoms with Gasteiger partial charge in [0, 0.05) is 47.6 Å². The van der Waals surface area contributed by atoms with Crippen LogP contribution in [0.4, 0.5) is 17.1 Å². The molecule has 0 spiro atoms. The molecule has 0 aliphatic carbocycles. The summed E-state index contributed by atoms with van der Waals surface area (Å²) in [7, 11) is 0. The second-order valence-corrected chi connectivity index (χ2v) is 15.9. The fourth-order valence-electron chi connectivity index (χ4n) is 8.83. The van der Waals surface area contributed by atoms with Crippen LogP contribution in [0, 0.1) is 0 Å². The summed E-state index contributed by atoms with van der Waals surface area (Å²) in [6, 6.07) is 71.3. The highest BCUT2D eigenvalue weighted by Gasteiger charge is 2.26. The summed E-state index contributed by atoms with van der Waals surface area (Å²) in [6.07, 6.45) is 0. The van der Waals surface area contributed by atoms with Crippen LogP contribution in [0.2, 0.25) is 0 Å². The predicted molar refractivity (Wildman–Crippen MR) is 245 cm³/mol. The van der Waals surface area contributed by atoms with Crippen molar-refractivity contribution in [1.82, 2.24) is 0 Å². The standard InChI is InChI=1S/C54H33NO2S/c1-4-14-34(15-5-1)37-26-28-43-48(32-37)57-54-40(36-18-8-3-9-19-36)29-30-45(52(43)54)55(46-23-12-22-42-41-20-10-11-24-47(41)56-53(42)46)38-27-31-49-44(33-38)51-39(21-13-25-50(51)58-49)35-16-6-2-7-17-35/h1-33H. The van der Waals surface area contributed by atoms with Gasteiger partial charge < -0.3 is 13.7 Å². The van der Waals surface area contributed by atoms with Crippen LogP contribution in [0.1, 0.15) is 0 Å². The zero-order valence-electron chi connectivity index (χ0n) is 31.2. The quantitative estimate of drug-likeness (QED) is 0.169. The van der Waals surface area contributed by atoms with Gasteiger partial charge in [-0.2, -0.15) is 0 Å². The van der Waals surface area contributed by atoms with Gasteiger partial charge in [-0.05, 0) is 88.5 Å². The van der Waals surface area contributed by atoms with Crippen molar-refractivity contribution in [3.05, 3.63) is 200 Å².